The molecule has 4 nitrogen and oxygen atoms in total. The summed E-state index contributed by atoms with van der Waals surface area (Å²) in [5.74, 6) is 5.31. The second-order valence-electron chi connectivity index (χ2n) is 4.07. The van der Waals surface area contributed by atoms with Gasteiger partial charge < -0.3 is 4.74 Å². The van der Waals surface area contributed by atoms with E-state index in [1.54, 1.807) is 36.4 Å². The highest BCUT2D eigenvalue weighted by Crippen LogP contribution is 2.24. The van der Waals surface area contributed by atoms with Crippen LogP contribution in [0.5, 0.6) is 5.75 Å². The third kappa shape index (κ3) is 3.87. The zero-order valence-electron chi connectivity index (χ0n) is 10.4. The minimum atomic E-state index is -0.349. The van der Waals surface area contributed by atoms with Gasteiger partial charge in [0.2, 0.25) is 0 Å². The maximum atomic E-state index is 11.4. The number of nitrogens with two attached hydrogens (primary N) is 1. The van der Waals surface area contributed by atoms with Crippen LogP contribution in [0.25, 0.3) is 0 Å². The van der Waals surface area contributed by atoms with Gasteiger partial charge >= 0.3 is 0 Å². The van der Waals surface area contributed by atoms with Crippen molar-refractivity contribution in [1.82, 2.24) is 5.43 Å². The molecule has 0 unspecified atom stereocenters. The van der Waals surface area contributed by atoms with Crippen molar-refractivity contribution in [3.63, 3.8) is 0 Å². The molecule has 0 saturated carbocycles. The molecule has 0 aromatic heterocycles. The maximum absolute atomic E-state index is 11.4. The molecule has 6 heteroatoms. The van der Waals surface area contributed by atoms with Crippen LogP contribution in [0.15, 0.2) is 42.5 Å². The van der Waals surface area contributed by atoms with Gasteiger partial charge in [-0.3, -0.25) is 10.2 Å². The van der Waals surface area contributed by atoms with Crippen molar-refractivity contribution in [2.45, 2.75) is 6.61 Å². The summed E-state index contributed by atoms with van der Waals surface area (Å²) < 4.78 is 5.59. The summed E-state index contributed by atoms with van der Waals surface area (Å²) in [7, 11) is 0. The molecule has 2 aromatic rings. The van der Waals surface area contributed by atoms with E-state index in [0.717, 1.165) is 5.56 Å². The summed E-state index contributed by atoms with van der Waals surface area (Å²) in [4.78, 5) is 11.4. The quantitative estimate of drug-likeness (QED) is 0.518. The van der Waals surface area contributed by atoms with E-state index in [4.69, 9.17) is 33.8 Å². The van der Waals surface area contributed by atoms with Crippen LogP contribution < -0.4 is 16.0 Å². The fraction of sp³-hybridized carbons (Fsp3) is 0.0714. The molecule has 104 valence electrons. The number of nitrogens with one attached hydrogen (secondary N) is 1. The number of rotatable bonds is 4. The molecular weight excluding hydrogens is 299 g/mol. The maximum Gasteiger partial charge on any atom is 0.265 e. The van der Waals surface area contributed by atoms with E-state index in [0.29, 0.717) is 28.0 Å². The first kappa shape index (κ1) is 14.7. The van der Waals surface area contributed by atoms with Crippen molar-refractivity contribution >= 4 is 29.1 Å². The number of ether oxygens (including phenoxy) is 1. The van der Waals surface area contributed by atoms with E-state index in [1.165, 1.54) is 0 Å². The van der Waals surface area contributed by atoms with E-state index < -0.39 is 0 Å². The van der Waals surface area contributed by atoms with Crippen molar-refractivity contribution in [2.24, 2.45) is 5.84 Å². The first-order chi connectivity index (χ1) is 9.58. The minimum absolute atomic E-state index is 0.294. The summed E-state index contributed by atoms with van der Waals surface area (Å²) >= 11 is 11.8. The number of carbonyl (C=O) groups is 1. The molecule has 0 radical (unpaired) electrons. The topological polar surface area (TPSA) is 64.3 Å². The Morgan fingerprint density at radius 3 is 2.50 bits per heavy atom. The van der Waals surface area contributed by atoms with Gasteiger partial charge in [0.15, 0.2) is 0 Å². The highest BCUT2D eigenvalue weighted by molar-refractivity contribution is 6.34. The molecule has 3 N–H and O–H groups in total. The van der Waals surface area contributed by atoms with Gasteiger partial charge in [-0.25, -0.2) is 5.84 Å². The van der Waals surface area contributed by atoms with Gasteiger partial charge in [0, 0.05) is 15.6 Å². The fourth-order valence-corrected chi connectivity index (χ4v) is 2.17. The lowest BCUT2D eigenvalue weighted by Crippen LogP contribution is -2.30. The largest absolute Gasteiger partial charge is 0.489 e. The van der Waals surface area contributed by atoms with Crippen LogP contribution in [-0.2, 0) is 6.61 Å². The molecule has 0 fully saturated rings. The number of hydrazine groups is 1. The molecule has 1 amide bonds. The first-order valence-electron chi connectivity index (χ1n) is 5.77. The summed E-state index contributed by atoms with van der Waals surface area (Å²) in [6.45, 7) is 0.294. The Morgan fingerprint density at radius 2 is 1.85 bits per heavy atom. The molecule has 2 rings (SSSR count). The van der Waals surface area contributed by atoms with Gasteiger partial charge in [-0.05, 0) is 35.9 Å². The summed E-state index contributed by atoms with van der Waals surface area (Å²) in [5, 5.41) is 1.01. The number of carbonyl (C=O) groups excluding carboxylic acids is 1. The normalized spacial score (nSPS) is 10.2. The second-order valence-corrected chi connectivity index (χ2v) is 4.94. The molecule has 2 aromatic carbocycles. The molecule has 20 heavy (non-hydrogen) atoms. The minimum Gasteiger partial charge on any atom is -0.489 e. The molecule has 0 aliphatic rings. The lowest BCUT2D eigenvalue weighted by atomic mass is 10.1. The van der Waals surface area contributed by atoms with E-state index in [2.05, 4.69) is 5.43 Å². The van der Waals surface area contributed by atoms with Gasteiger partial charge in [-0.2, -0.15) is 0 Å². The van der Waals surface area contributed by atoms with Gasteiger partial charge in [0.1, 0.15) is 12.4 Å². The SMILES string of the molecule is NNC(=O)c1cccc(COc2cc(Cl)cc(Cl)c2)c1. The van der Waals surface area contributed by atoms with E-state index in [-0.39, 0.29) is 5.91 Å². The summed E-state index contributed by atoms with van der Waals surface area (Å²) in [5.41, 5.74) is 3.39. The zero-order chi connectivity index (χ0) is 14.5. The molecule has 0 aliphatic heterocycles. The number of hydrogen-bond donors (Lipinski definition) is 2. The fourth-order valence-electron chi connectivity index (χ4n) is 1.66. The molecule has 0 spiro atoms. The molecule has 0 heterocycles. The monoisotopic (exact) mass is 310 g/mol. The van der Waals surface area contributed by atoms with Gasteiger partial charge in [-0.1, -0.05) is 35.3 Å². The van der Waals surface area contributed by atoms with Crippen LogP contribution in [0.1, 0.15) is 15.9 Å². The average molecular weight is 311 g/mol. The number of amides is 1. The summed E-state index contributed by atoms with van der Waals surface area (Å²) in [6.07, 6.45) is 0. The van der Waals surface area contributed by atoms with E-state index in [9.17, 15) is 4.79 Å². The Kier molecular flexibility index (Phi) is 4.84. The summed E-state index contributed by atoms with van der Waals surface area (Å²) in [6, 6.07) is 11.9. The predicted octanol–water partition coefficient (Wildman–Crippen LogP) is 3.18. The zero-order valence-corrected chi connectivity index (χ0v) is 11.9. The Labute approximate surface area is 126 Å². The highest BCUT2D eigenvalue weighted by Gasteiger charge is 2.05. The third-order valence-corrected chi connectivity index (χ3v) is 3.00. The Morgan fingerprint density at radius 1 is 1.15 bits per heavy atom. The Hall–Kier alpha value is -1.75. The lowest BCUT2D eigenvalue weighted by molar-refractivity contribution is 0.0953. The Balaban J connectivity index is 2.09. The molecule has 0 aliphatic carbocycles. The molecule has 0 bridgehead atoms. The van der Waals surface area contributed by atoms with Crippen molar-refractivity contribution in [3.05, 3.63) is 63.6 Å². The van der Waals surface area contributed by atoms with Crippen molar-refractivity contribution in [1.29, 1.82) is 0 Å². The third-order valence-electron chi connectivity index (χ3n) is 2.56. The lowest BCUT2D eigenvalue weighted by Gasteiger charge is -2.08. The average Bonchev–Trinajstić information content (AvgIpc) is 2.43. The van der Waals surface area contributed by atoms with E-state index in [1.807, 2.05) is 6.07 Å². The van der Waals surface area contributed by atoms with Crippen molar-refractivity contribution < 1.29 is 9.53 Å². The first-order valence-corrected chi connectivity index (χ1v) is 6.53. The van der Waals surface area contributed by atoms with Crippen molar-refractivity contribution in [2.75, 3.05) is 0 Å². The predicted molar refractivity (Wildman–Crippen MR) is 78.9 cm³/mol. The smallest absolute Gasteiger partial charge is 0.265 e. The number of nitrogen functional groups attached to an aromatic ring is 1. The molecule has 0 atom stereocenters. The number of hydrogen-bond acceptors (Lipinski definition) is 3. The number of benzene rings is 2. The van der Waals surface area contributed by atoms with Crippen LogP contribution in [0.3, 0.4) is 0 Å². The van der Waals surface area contributed by atoms with E-state index >= 15 is 0 Å². The number of halogens is 2. The van der Waals surface area contributed by atoms with Gasteiger partial charge in [0.25, 0.3) is 5.91 Å². The Bertz CT molecular complexity index is 612. The second kappa shape index (κ2) is 6.61. The van der Waals surface area contributed by atoms with Gasteiger partial charge in [0.05, 0.1) is 0 Å². The molecule has 0 saturated heterocycles. The molecular formula is C14H12Cl2N2O2. The van der Waals surface area contributed by atoms with Crippen molar-refractivity contribution in [3.8, 4) is 5.75 Å². The van der Waals surface area contributed by atoms with Crippen LogP contribution in [0.2, 0.25) is 10.0 Å². The van der Waals surface area contributed by atoms with Gasteiger partial charge in [-0.15, -0.1) is 0 Å². The van der Waals surface area contributed by atoms with Crippen LogP contribution in [0.4, 0.5) is 0 Å². The van der Waals surface area contributed by atoms with Crippen LogP contribution in [-0.4, -0.2) is 5.91 Å². The standard InChI is InChI=1S/C14H12Cl2N2O2/c15-11-5-12(16)7-13(6-11)20-8-9-2-1-3-10(4-9)14(19)18-17/h1-7H,8,17H2,(H,18,19). The van der Waals surface area contributed by atoms with Crippen LogP contribution >= 0.6 is 23.2 Å². The highest BCUT2D eigenvalue weighted by atomic mass is 35.5. The van der Waals surface area contributed by atoms with Crippen LogP contribution in [0, 0.1) is 0 Å².